The minimum absolute atomic E-state index is 0.504. The quantitative estimate of drug-likeness (QED) is 0.725. The number of aryl methyl sites for hydroxylation is 1. The van der Waals surface area contributed by atoms with Crippen molar-refractivity contribution in [3.8, 4) is 0 Å². The highest BCUT2D eigenvalue weighted by molar-refractivity contribution is 5.23. The molecule has 0 saturated carbocycles. The molecule has 0 heterocycles. The highest BCUT2D eigenvalue weighted by Gasteiger charge is 2.07. The number of likely N-dealkylation sites (N-methyl/N-ethyl adjacent to an activating group) is 1. The maximum Gasteiger partial charge on any atom is 0.0141 e. The molecule has 1 aromatic carbocycles. The van der Waals surface area contributed by atoms with Gasteiger partial charge in [0, 0.05) is 6.04 Å². The Labute approximate surface area is 93.2 Å². The van der Waals surface area contributed by atoms with Gasteiger partial charge in [-0.1, -0.05) is 35.4 Å². The normalized spacial score (nSPS) is 12.5. The maximum atomic E-state index is 3.96. The van der Waals surface area contributed by atoms with E-state index in [1.54, 1.807) is 0 Å². The van der Waals surface area contributed by atoms with Crippen molar-refractivity contribution in [1.82, 2.24) is 5.32 Å². The fraction of sp³-hybridized carbons (Fsp3) is 0.429. The summed E-state index contributed by atoms with van der Waals surface area (Å²) in [5.74, 6) is 0. The molecule has 1 rings (SSSR count). The Morgan fingerprint density at radius 2 is 2.20 bits per heavy atom. The van der Waals surface area contributed by atoms with Crippen molar-refractivity contribution in [3.05, 3.63) is 47.5 Å². The van der Waals surface area contributed by atoms with Crippen LogP contribution in [0.15, 0.2) is 36.4 Å². The average Bonchev–Trinajstić information content (AvgIpc) is 2.16. The summed E-state index contributed by atoms with van der Waals surface area (Å²) in [6.45, 7) is 8.18. The van der Waals surface area contributed by atoms with Gasteiger partial charge in [-0.25, -0.2) is 0 Å². The van der Waals surface area contributed by atoms with Crippen molar-refractivity contribution in [1.29, 1.82) is 0 Å². The molecule has 1 nitrogen and oxygen atoms in total. The van der Waals surface area contributed by atoms with E-state index in [1.165, 1.54) is 16.7 Å². The molecule has 0 fully saturated rings. The average molecular weight is 203 g/mol. The van der Waals surface area contributed by atoms with Crippen molar-refractivity contribution < 1.29 is 0 Å². The Balaban J connectivity index is 2.62. The van der Waals surface area contributed by atoms with E-state index in [0.29, 0.717) is 6.04 Å². The molecule has 0 aliphatic rings. The highest BCUT2D eigenvalue weighted by atomic mass is 14.9. The van der Waals surface area contributed by atoms with E-state index in [4.69, 9.17) is 0 Å². The zero-order chi connectivity index (χ0) is 11.3. The summed E-state index contributed by atoms with van der Waals surface area (Å²) in [5.41, 5.74) is 3.97. The third-order valence-electron chi connectivity index (χ3n) is 2.57. The Morgan fingerprint density at radius 3 is 2.73 bits per heavy atom. The summed E-state index contributed by atoms with van der Waals surface area (Å²) in [7, 11) is 2.02. The van der Waals surface area contributed by atoms with Gasteiger partial charge in [0.05, 0.1) is 0 Å². The van der Waals surface area contributed by atoms with Crippen LogP contribution in [0.3, 0.4) is 0 Å². The summed E-state index contributed by atoms with van der Waals surface area (Å²) in [6, 6.07) is 9.21. The van der Waals surface area contributed by atoms with E-state index in [2.05, 4.69) is 50.0 Å². The maximum absolute atomic E-state index is 3.96. The standard InChI is InChI=1S/C14H21N/c1-11(2)8-14(15-4)10-13-7-5-6-12(3)9-13/h5-7,9,14-15H,1,8,10H2,2-4H3. The minimum Gasteiger partial charge on any atom is -0.316 e. The second-order valence-corrected chi connectivity index (χ2v) is 4.34. The van der Waals surface area contributed by atoms with Gasteiger partial charge in [-0.15, -0.1) is 6.58 Å². The van der Waals surface area contributed by atoms with Crippen LogP contribution in [0, 0.1) is 6.92 Å². The molecule has 1 N–H and O–H groups in total. The lowest BCUT2D eigenvalue weighted by Crippen LogP contribution is -2.27. The highest BCUT2D eigenvalue weighted by Crippen LogP contribution is 2.11. The van der Waals surface area contributed by atoms with Gasteiger partial charge in [0.2, 0.25) is 0 Å². The van der Waals surface area contributed by atoms with Crippen LogP contribution in [-0.4, -0.2) is 13.1 Å². The number of benzene rings is 1. The van der Waals surface area contributed by atoms with E-state index in [-0.39, 0.29) is 0 Å². The Morgan fingerprint density at radius 1 is 1.47 bits per heavy atom. The molecule has 0 saturated heterocycles. The van der Waals surface area contributed by atoms with Gasteiger partial charge in [-0.3, -0.25) is 0 Å². The number of hydrogen-bond acceptors (Lipinski definition) is 1. The lowest BCUT2D eigenvalue weighted by atomic mass is 9.99. The molecule has 1 atom stereocenters. The first kappa shape index (κ1) is 12.0. The number of hydrogen-bond donors (Lipinski definition) is 1. The molecule has 0 radical (unpaired) electrons. The Kier molecular flexibility index (Phi) is 4.57. The smallest absolute Gasteiger partial charge is 0.0141 e. The molecule has 0 aliphatic carbocycles. The van der Waals surface area contributed by atoms with Crippen LogP contribution in [0.1, 0.15) is 24.5 Å². The van der Waals surface area contributed by atoms with Crippen LogP contribution in [0.4, 0.5) is 0 Å². The first-order valence-corrected chi connectivity index (χ1v) is 5.49. The molecular formula is C14H21N. The van der Waals surface area contributed by atoms with Crippen molar-refractivity contribution in [2.24, 2.45) is 0 Å². The second kappa shape index (κ2) is 5.72. The largest absolute Gasteiger partial charge is 0.316 e. The number of rotatable bonds is 5. The van der Waals surface area contributed by atoms with E-state index in [9.17, 15) is 0 Å². The van der Waals surface area contributed by atoms with Gasteiger partial charge >= 0.3 is 0 Å². The molecule has 0 bridgehead atoms. The van der Waals surface area contributed by atoms with Gasteiger partial charge < -0.3 is 5.32 Å². The third-order valence-corrected chi connectivity index (χ3v) is 2.57. The lowest BCUT2D eigenvalue weighted by molar-refractivity contribution is 0.554. The van der Waals surface area contributed by atoms with Crippen LogP contribution in [0.2, 0.25) is 0 Å². The van der Waals surface area contributed by atoms with Gasteiger partial charge in [-0.2, -0.15) is 0 Å². The molecule has 82 valence electrons. The Bertz CT molecular complexity index is 328. The molecule has 15 heavy (non-hydrogen) atoms. The summed E-state index contributed by atoms with van der Waals surface area (Å²) in [5, 5.41) is 3.34. The van der Waals surface area contributed by atoms with Crippen LogP contribution >= 0.6 is 0 Å². The molecule has 1 aromatic rings. The zero-order valence-electron chi connectivity index (χ0n) is 10.0. The summed E-state index contributed by atoms with van der Waals surface area (Å²) >= 11 is 0. The second-order valence-electron chi connectivity index (χ2n) is 4.34. The topological polar surface area (TPSA) is 12.0 Å². The van der Waals surface area contributed by atoms with E-state index < -0.39 is 0 Å². The molecule has 1 heteroatoms. The molecule has 1 unspecified atom stereocenters. The predicted octanol–water partition coefficient (Wildman–Crippen LogP) is 3.09. The van der Waals surface area contributed by atoms with Gasteiger partial charge in [0.1, 0.15) is 0 Å². The monoisotopic (exact) mass is 203 g/mol. The van der Waals surface area contributed by atoms with Crippen molar-refractivity contribution in [2.45, 2.75) is 32.7 Å². The van der Waals surface area contributed by atoms with Gasteiger partial charge in [-0.05, 0) is 39.3 Å². The van der Waals surface area contributed by atoms with E-state index >= 15 is 0 Å². The summed E-state index contributed by atoms with van der Waals surface area (Å²) in [4.78, 5) is 0. The Hall–Kier alpha value is -1.08. The molecule has 0 amide bonds. The molecule has 0 spiro atoms. The van der Waals surface area contributed by atoms with Crippen LogP contribution in [0.5, 0.6) is 0 Å². The molecule has 0 aromatic heterocycles. The van der Waals surface area contributed by atoms with E-state index in [0.717, 1.165) is 12.8 Å². The third kappa shape index (κ3) is 4.30. The van der Waals surface area contributed by atoms with Crippen molar-refractivity contribution in [2.75, 3.05) is 7.05 Å². The summed E-state index contributed by atoms with van der Waals surface area (Å²) < 4.78 is 0. The van der Waals surface area contributed by atoms with Gasteiger partial charge in [0.25, 0.3) is 0 Å². The fourth-order valence-corrected chi connectivity index (χ4v) is 1.82. The SMILES string of the molecule is C=C(C)CC(Cc1cccc(C)c1)NC. The van der Waals surface area contributed by atoms with E-state index in [1.807, 2.05) is 7.05 Å². The lowest BCUT2D eigenvalue weighted by Gasteiger charge is -2.16. The van der Waals surface area contributed by atoms with Crippen LogP contribution in [-0.2, 0) is 6.42 Å². The molecular weight excluding hydrogens is 182 g/mol. The molecule has 0 aliphatic heterocycles. The zero-order valence-corrected chi connectivity index (χ0v) is 10.0. The fourth-order valence-electron chi connectivity index (χ4n) is 1.82. The van der Waals surface area contributed by atoms with Gasteiger partial charge in [0.15, 0.2) is 0 Å². The first-order valence-electron chi connectivity index (χ1n) is 5.49. The summed E-state index contributed by atoms with van der Waals surface area (Å²) in [6.07, 6.45) is 2.12. The van der Waals surface area contributed by atoms with Crippen molar-refractivity contribution >= 4 is 0 Å². The van der Waals surface area contributed by atoms with Crippen molar-refractivity contribution in [3.63, 3.8) is 0 Å². The number of nitrogens with one attached hydrogen (secondary N) is 1. The van der Waals surface area contributed by atoms with Crippen LogP contribution in [0.25, 0.3) is 0 Å². The van der Waals surface area contributed by atoms with Crippen LogP contribution < -0.4 is 5.32 Å². The predicted molar refractivity (Wildman–Crippen MR) is 67.2 cm³/mol. The minimum atomic E-state index is 0.504. The first-order chi connectivity index (χ1) is 7.11.